The molecule has 0 bridgehead atoms. The first-order valence-corrected chi connectivity index (χ1v) is 9.85. The molecule has 2 N–H and O–H groups in total. The molecule has 0 radical (unpaired) electrons. The summed E-state index contributed by atoms with van der Waals surface area (Å²) in [4.78, 5) is 4.32. The van der Waals surface area contributed by atoms with Gasteiger partial charge in [0.2, 0.25) is 0 Å². The van der Waals surface area contributed by atoms with Crippen LogP contribution in [0.3, 0.4) is 0 Å². The SMILES string of the molecule is COc1cc(CN(C)CCO)ccc1OC[C@H](O)CN1CCSCC1. The van der Waals surface area contributed by atoms with Crippen molar-refractivity contribution in [3.63, 3.8) is 0 Å². The number of β-amino-alcohol motifs (C(OH)–C–C–N with tert-alkyl or cyclic N) is 1. The first kappa shape index (κ1) is 20.3. The second-order valence-electron chi connectivity index (χ2n) is 6.32. The first-order chi connectivity index (χ1) is 12.1. The van der Waals surface area contributed by atoms with E-state index in [-0.39, 0.29) is 13.2 Å². The Kier molecular flexibility index (Phi) is 8.84. The van der Waals surface area contributed by atoms with Gasteiger partial charge in [-0.05, 0) is 24.7 Å². The largest absolute Gasteiger partial charge is 0.493 e. The number of rotatable bonds is 10. The summed E-state index contributed by atoms with van der Waals surface area (Å²) in [6, 6.07) is 5.81. The molecule has 1 atom stereocenters. The third kappa shape index (κ3) is 7.03. The summed E-state index contributed by atoms with van der Waals surface area (Å²) in [6.07, 6.45) is -0.511. The number of hydrogen-bond donors (Lipinski definition) is 2. The molecule has 142 valence electrons. The number of methoxy groups -OCH3 is 1. The van der Waals surface area contributed by atoms with Gasteiger partial charge < -0.3 is 19.7 Å². The van der Waals surface area contributed by atoms with Crippen LogP contribution in [0.5, 0.6) is 11.5 Å². The Labute approximate surface area is 154 Å². The molecule has 6 nitrogen and oxygen atoms in total. The zero-order valence-electron chi connectivity index (χ0n) is 15.2. The van der Waals surface area contributed by atoms with E-state index in [9.17, 15) is 5.11 Å². The normalized spacial score (nSPS) is 16.8. The molecule has 1 aliphatic rings. The molecule has 25 heavy (non-hydrogen) atoms. The number of nitrogens with zero attached hydrogens (tertiary/aromatic N) is 2. The average Bonchev–Trinajstić information content (AvgIpc) is 2.61. The molecule has 1 aromatic carbocycles. The van der Waals surface area contributed by atoms with Crippen molar-refractivity contribution in [3.8, 4) is 11.5 Å². The number of aliphatic hydroxyl groups is 2. The van der Waals surface area contributed by atoms with Gasteiger partial charge >= 0.3 is 0 Å². The summed E-state index contributed by atoms with van der Waals surface area (Å²) in [5.74, 6) is 3.57. The van der Waals surface area contributed by atoms with E-state index in [1.807, 2.05) is 41.9 Å². The lowest BCUT2D eigenvalue weighted by Gasteiger charge is -2.28. The molecule has 0 saturated carbocycles. The van der Waals surface area contributed by atoms with Crippen molar-refractivity contribution in [1.82, 2.24) is 9.80 Å². The van der Waals surface area contributed by atoms with Crippen molar-refractivity contribution in [1.29, 1.82) is 0 Å². The summed E-state index contributed by atoms with van der Waals surface area (Å²) in [6.45, 7) is 4.45. The van der Waals surface area contributed by atoms with Crippen LogP contribution in [0.15, 0.2) is 18.2 Å². The predicted octanol–water partition coefficient (Wildman–Crippen LogP) is 0.908. The lowest BCUT2D eigenvalue weighted by molar-refractivity contribution is 0.0704. The van der Waals surface area contributed by atoms with Crippen molar-refractivity contribution in [3.05, 3.63) is 23.8 Å². The Bertz CT molecular complexity index is 512. The van der Waals surface area contributed by atoms with Gasteiger partial charge in [0.25, 0.3) is 0 Å². The number of hydrogen-bond acceptors (Lipinski definition) is 7. The van der Waals surface area contributed by atoms with E-state index in [1.54, 1.807) is 7.11 Å². The quantitative estimate of drug-likeness (QED) is 0.635. The van der Waals surface area contributed by atoms with Crippen LogP contribution < -0.4 is 9.47 Å². The zero-order valence-corrected chi connectivity index (χ0v) is 16.0. The van der Waals surface area contributed by atoms with Crippen LogP contribution in [-0.2, 0) is 6.54 Å². The molecule has 1 aliphatic heterocycles. The maximum Gasteiger partial charge on any atom is 0.161 e. The predicted molar refractivity (Wildman–Crippen MR) is 102 cm³/mol. The lowest BCUT2D eigenvalue weighted by Crippen LogP contribution is -2.40. The van der Waals surface area contributed by atoms with Crippen LogP contribution in [-0.4, -0.2) is 91.2 Å². The fraction of sp³-hybridized carbons (Fsp3) is 0.667. The maximum atomic E-state index is 10.2. The molecule has 0 aliphatic carbocycles. The fourth-order valence-electron chi connectivity index (χ4n) is 2.81. The zero-order chi connectivity index (χ0) is 18.1. The van der Waals surface area contributed by atoms with Crippen LogP contribution in [0, 0.1) is 0 Å². The summed E-state index contributed by atoms with van der Waals surface area (Å²) >= 11 is 1.96. The highest BCUT2D eigenvalue weighted by Crippen LogP contribution is 2.28. The van der Waals surface area contributed by atoms with Gasteiger partial charge in [-0.3, -0.25) is 9.80 Å². The van der Waals surface area contributed by atoms with Crippen molar-refractivity contribution >= 4 is 11.8 Å². The third-order valence-electron chi connectivity index (χ3n) is 4.17. The number of benzene rings is 1. The highest BCUT2D eigenvalue weighted by molar-refractivity contribution is 7.99. The molecule has 0 spiro atoms. The van der Waals surface area contributed by atoms with Gasteiger partial charge in [-0.15, -0.1) is 0 Å². The van der Waals surface area contributed by atoms with Crippen molar-refractivity contribution in [2.75, 3.05) is 65.1 Å². The van der Waals surface area contributed by atoms with E-state index in [0.717, 1.165) is 36.7 Å². The molecule has 7 heteroatoms. The molecule has 0 aromatic heterocycles. The smallest absolute Gasteiger partial charge is 0.161 e. The van der Waals surface area contributed by atoms with Crippen LogP contribution >= 0.6 is 11.8 Å². The second-order valence-corrected chi connectivity index (χ2v) is 7.55. The minimum Gasteiger partial charge on any atom is -0.493 e. The van der Waals surface area contributed by atoms with Crippen LogP contribution in [0.2, 0.25) is 0 Å². The minimum absolute atomic E-state index is 0.141. The average molecular weight is 371 g/mol. The van der Waals surface area contributed by atoms with Crippen molar-refractivity contribution in [2.45, 2.75) is 12.6 Å². The Morgan fingerprint density at radius 2 is 2.04 bits per heavy atom. The Balaban J connectivity index is 1.85. The maximum absolute atomic E-state index is 10.2. The van der Waals surface area contributed by atoms with Gasteiger partial charge in [-0.2, -0.15) is 11.8 Å². The minimum atomic E-state index is -0.511. The fourth-order valence-corrected chi connectivity index (χ4v) is 3.79. The molecular formula is C18H30N2O4S. The molecule has 0 amide bonds. The Morgan fingerprint density at radius 1 is 1.28 bits per heavy atom. The van der Waals surface area contributed by atoms with Crippen molar-refractivity contribution < 1.29 is 19.7 Å². The van der Waals surface area contributed by atoms with E-state index in [4.69, 9.17) is 14.6 Å². The molecular weight excluding hydrogens is 340 g/mol. The molecule has 2 rings (SSSR count). The number of likely N-dealkylation sites (N-methyl/N-ethyl adjacent to an activating group) is 1. The van der Waals surface area contributed by atoms with E-state index < -0.39 is 6.10 Å². The summed E-state index contributed by atoms with van der Waals surface area (Å²) in [5.41, 5.74) is 1.09. The van der Waals surface area contributed by atoms with Crippen LogP contribution in [0.4, 0.5) is 0 Å². The third-order valence-corrected chi connectivity index (χ3v) is 5.11. The monoisotopic (exact) mass is 370 g/mol. The molecule has 1 aromatic rings. The van der Waals surface area contributed by atoms with E-state index in [2.05, 4.69) is 4.90 Å². The summed E-state index contributed by atoms with van der Waals surface area (Å²) in [7, 11) is 3.58. The molecule has 1 saturated heterocycles. The topological polar surface area (TPSA) is 65.4 Å². The van der Waals surface area contributed by atoms with E-state index in [0.29, 0.717) is 24.6 Å². The van der Waals surface area contributed by atoms with Gasteiger partial charge in [0.1, 0.15) is 12.7 Å². The lowest BCUT2D eigenvalue weighted by atomic mass is 10.2. The summed E-state index contributed by atoms with van der Waals surface area (Å²) in [5, 5.41) is 19.2. The van der Waals surface area contributed by atoms with E-state index >= 15 is 0 Å². The van der Waals surface area contributed by atoms with Gasteiger partial charge in [0, 0.05) is 44.2 Å². The highest BCUT2D eigenvalue weighted by atomic mass is 32.2. The first-order valence-electron chi connectivity index (χ1n) is 8.69. The number of thioether (sulfide) groups is 1. The van der Waals surface area contributed by atoms with Crippen LogP contribution in [0.1, 0.15) is 5.56 Å². The second kappa shape index (κ2) is 10.9. The van der Waals surface area contributed by atoms with Gasteiger partial charge in [-0.25, -0.2) is 0 Å². The Morgan fingerprint density at radius 3 is 2.72 bits per heavy atom. The highest BCUT2D eigenvalue weighted by Gasteiger charge is 2.16. The molecule has 0 unspecified atom stereocenters. The number of aliphatic hydroxyl groups excluding tert-OH is 2. The Hall–Kier alpha value is -0.990. The molecule has 1 heterocycles. The summed E-state index contributed by atoms with van der Waals surface area (Å²) < 4.78 is 11.2. The van der Waals surface area contributed by atoms with Gasteiger partial charge in [0.15, 0.2) is 11.5 Å². The van der Waals surface area contributed by atoms with E-state index in [1.165, 1.54) is 0 Å². The van der Waals surface area contributed by atoms with Crippen LogP contribution in [0.25, 0.3) is 0 Å². The van der Waals surface area contributed by atoms with Gasteiger partial charge in [-0.1, -0.05) is 6.07 Å². The number of ether oxygens (including phenoxy) is 2. The standard InChI is InChI=1S/C18H30N2O4S/c1-19(5-8-21)12-15-3-4-17(18(11-15)23-2)24-14-16(22)13-20-6-9-25-10-7-20/h3-4,11,16,21-22H,5-10,12-14H2,1-2H3/t16-/m1/s1. The van der Waals surface area contributed by atoms with Crippen molar-refractivity contribution in [2.24, 2.45) is 0 Å². The molecule has 1 fully saturated rings. The van der Waals surface area contributed by atoms with Gasteiger partial charge in [0.05, 0.1) is 13.7 Å².